The quantitative estimate of drug-likeness (QED) is 0.467. The minimum Gasteiger partial charge on any atom is -0.619 e. The molecular weight excluding hydrogens is 270 g/mol. The highest BCUT2D eigenvalue weighted by Crippen LogP contribution is 2.14. The highest BCUT2D eigenvalue weighted by molar-refractivity contribution is 6.31. The second-order valence-electron chi connectivity index (χ2n) is 3.98. The third kappa shape index (κ3) is 2.34. The molecule has 2 heterocycles. The Labute approximate surface area is 113 Å². The second kappa shape index (κ2) is 4.81. The molecule has 0 amide bonds. The van der Waals surface area contributed by atoms with E-state index in [1.54, 1.807) is 6.92 Å². The molecule has 98 valence electrons. The number of aromatic nitrogens is 3. The number of pyridine rings is 1. The molecule has 0 aromatic carbocycles. The second-order valence-corrected chi connectivity index (χ2v) is 4.36. The van der Waals surface area contributed by atoms with Crippen molar-refractivity contribution in [1.82, 2.24) is 9.78 Å². The lowest BCUT2D eigenvalue weighted by Gasteiger charge is -2.09. The van der Waals surface area contributed by atoms with Crippen LogP contribution in [0.1, 0.15) is 23.0 Å². The van der Waals surface area contributed by atoms with Crippen molar-refractivity contribution in [3.05, 3.63) is 56.4 Å². The van der Waals surface area contributed by atoms with Gasteiger partial charge >= 0.3 is 0 Å². The van der Waals surface area contributed by atoms with Crippen LogP contribution in [0, 0.1) is 12.1 Å². The molecule has 0 spiro atoms. The number of Topliss-reactive ketones (excluding diaryl/α,β-unsaturated/α-hetero) is 1. The van der Waals surface area contributed by atoms with E-state index in [1.807, 2.05) is 0 Å². The Balaban J connectivity index is 2.78. The lowest BCUT2D eigenvalue weighted by Crippen LogP contribution is -2.30. The van der Waals surface area contributed by atoms with Gasteiger partial charge in [0.1, 0.15) is 16.4 Å². The van der Waals surface area contributed by atoms with Crippen molar-refractivity contribution in [2.45, 2.75) is 13.8 Å². The third-order valence-electron chi connectivity index (χ3n) is 2.60. The number of halogens is 1. The maximum Gasteiger partial charge on any atom is 0.290 e. The number of ketones is 1. The zero-order valence-corrected chi connectivity index (χ0v) is 11.0. The smallest absolute Gasteiger partial charge is 0.290 e. The van der Waals surface area contributed by atoms with E-state index in [0.717, 1.165) is 4.68 Å². The fourth-order valence-corrected chi connectivity index (χ4v) is 1.82. The van der Waals surface area contributed by atoms with E-state index in [4.69, 9.17) is 11.6 Å². The van der Waals surface area contributed by atoms with Crippen LogP contribution in [0.3, 0.4) is 0 Å². The summed E-state index contributed by atoms with van der Waals surface area (Å²) in [6.45, 7) is 2.88. The maximum absolute atomic E-state index is 12.0. The molecule has 19 heavy (non-hydrogen) atoms. The fourth-order valence-electron chi connectivity index (χ4n) is 1.66. The Kier molecular flexibility index (Phi) is 3.35. The van der Waals surface area contributed by atoms with Crippen LogP contribution >= 0.6 is 11.6 Å². The van der Waals surface area contributed by atoms with Crippen molar-refractivity contribution in [1.29, 1.82) is 0 Å². The first-order valence-corrected chi connectivity index (χ1v) is 5.79. The summed E-state index contributed by atoms with van der Waals surface area (Å²) in [5.41, 5.74) is 0.106. The van der Waals surface area contributed by atoms with Gasteiger partial charge in [-0.15, -0.1) is 0 Å². The van der Waals surface area contributed by atoms with Crippen LogP contribution < -0.4 is 10.3 Å². The van der Waals surface area contributed by atoms with Gasteiger partial charge in [-0.3, -0.25) is 9.59 Å². The summed E-state index contributed by atoms with van der Waals surface area (Å²) in [5, 5.41) is 15.1. The van der Waals surface area contributed by atoms with Crippen LogP contribution in [0.15, 0.2) is 29.3 Å². The average Bonchev–Trinajstić information content (AvgIpc) is 2.36. The van der Waals surface area contributed by atoms with E-state index in [2.05, 4.69) is 5.10 Å². The van der Waals surface area contributed by atoms with Crippen molar-refractivity contribution < 1.29 is 9.52 Å². The molecule has 7 heteroatoms. The van der Waals surface area contributed by atoms with E-state index in [-0.39, 0.29) is 22.2 Å². The summed E-state index contributed by atoms with van der Waals surface area (Å²) in [6.07, 6.45) is 2.44. The molecule has 0 saturated carbocycles. The number of carbonyl (C=O) groups excluding carboxylic acids is 1. The zero-order valence-electron chi connectivity index (χ0n) is 10.3. The van der Waals surface area contributed by atoms with Crippen molar-refractivity contribution >= 4 is 17.4 Å². The van der Waals surface area contributed by atoms with Crippen LogP contribution in [-0.2, 0) is 0 Å². The van der Waals surface area contributed by atoms with Crippen LogP contribution in [0.25, 0.3) is 5.69 Å². The van der Waals surface area contributed by atoms with Crippen molar-refractivity contribution in [2.24, 2.45) is 0 Å². The van der Waals surface area contributed by atoms with Gasteiger partial charge in [0.05, 0.1) is 0 Å². The van der Waals surface area contributed by atoms with Crippen LogP contribution in [0.4, 0.5) is 0 Å². The van der Waals surface area contributed by atoms with E-state index in [9.17, 15) is 14.8 Å². The van der Waals surface area contributed by atoms with Crippen LogP contribution in [-0.4, -0.2) is 15.6 Å². The molecule has 0 aliphatic heterocycles. The lowest BCUT2D eigenvalue weighted by atomic mass is 10.2. The normalized spacial score (nSPS) is 10.5. The summed E-state index contributed by atoms with van der Waals surface area (Å²) < 4.78 is 1.48. The van der Waals surface area contributed by atoms with Gasteiger partial charge in [0, 0.05) is 18.6 Å². The standard InChI is InChI=1S/C12H10ClN3O3/c1-7-10(13)12(18)16(14-11(7)8(2)17)9-4-3-5-15(19)6-9/h3-6H,1-2H3. The summed E-state index contributed by atoms with van der Waals surface area (Å²) >= 11 is 5.91. The number of carbonyl (C=O) groups is 1. The number of nitrogens with zero attached hydrogens (tertiary/aromatic N) is 3. The number of hydrogen-bond acceptors (Lipinski definition) is 4. The SMILES string of the molecule is CC(=O)c1nn(-c2ccc[n+]([O-])c2)c(=O)c(Cl)c1C. The number of hydrogen-bond donors (Lipinski definition) is 0. The Bertz CT molecular complexity index is 725. The van der Waals surface area contributed by atoms with E-state index in [1.165, 1.54) is 31.5 Å². The summed E-state index contributed by atoms with van der Waals surface area (Å²) in [4.78, 5) is 23.5. The molecule has 0 atom stereocenters. The molecule has 2 rings (SSSR count). The van der Waals surface area contributed by atoms with Gasteiger partial charge in [-0.2, -0.15) is 14.5 Å². The summed E-state index contributed by atoms with van der Waals surface area (Å²) in [7, 11) is 0. The molecule has 0 aliphatic carbocycles. The summed E-state index contributed by atoms with van der Waals surface area (Å²) in [6, 6.07) is 3.00. The lowest BCUT2D eigenvalue weighted by molar-refractivity contribution is -0.605. The van der Waals surface area contributed by atoms with Crippen molar-refractivity contribution in [2.75, 3.05) is 0 Å². The highest BCUT2D eigenvalue weighted by Gasteiger charge is 2.17. The van der Waals surface area contributed by atoms with Crippen LogP contribution in [0.2, 0.25) is 5.02 Å². The molecule has 0 unspecified atom stereocenters. The minimum absolute atomic E-state index is 0.0819. The van der Waals surface area contributed by atoms with Gasteiger partial charge < -0.3 is 5.21 Å². The zero-order chi connectivity index (χ0) is 14.2. The Hall–Kier alpha value is -2.21. The van der Waals surface area contributed by atoms with E-state index < -0.39 is 5.56 Å². The summed E-state index contributed by atoms with van der Waals surface area (Å²) in [5.74, 6) is -0.306. The maximum atomic E-state index is 12.0. The third-order valence-corrected chi connectivity index (χ3v) is 3.05. The first kappa shape index (κ1) is 13.2. The predicted octanol–water partition coefficient (Wildman–Crippen LogP) is 1.03. The largest absolute Gasteiger partial charge is 0.619 e. The molecule has 0 bridgehead atoms. The topological polar surface area (TPSA) is 78.9 Å². The molecule has 0 saturated heterocycles. The van der Waals surface area contributed by atoms with Gasteiger partial charge in [-0.1, -0.05) is 11.6 Å². The van der Waals surface area contributed by atoms with Crippen LogP contribution in [0.5, 0.6) is 0 Å². The Morgan fingerprint density at radius 3 is 2.79 bits per heavy atom. The molecule has 2 aromatic heterocycles. The average molecular weight is 280 g/mol. The van der Waals surface area contributed by atoms with Gasteiger partial charge in [0.2, 0.25) is 6.20 Å². The molecule has 0 fully saturated rings. The van der Waals surface area contributed by atoms with Gasteiger partial charge in [-0.25, -0.2) is 0 Å². The molecular formula is C12H10ClN3O3. The highest BCUT2D eigenvalue weighted by atomic mass is 35.5. The molecule has 6 nitrogen and oxygen atoms in total. The molecule has 2 aromatic rings. The monoisotopic (exact) mass is 279 g/mol. The predicted molar refractivity (Wildman–Crippen MR) is 68.5 cm³/mol. The molecule has 0 radical (unpaired) electrons. The first-order chi connectivity index (χ1) is 8.91. The Morgan fingerprint density at radius 2 is 2.21 bits per heavy atom. The first-order valence-electron chi connectivity index (χ1n) is 5.41. The number of rotatable bonds is 2. The van der Waals surface area contributed by atoms with Gasteiger partial charge in [0.15, 0.2) is 12.0 Å². The molecule has 0 aliphatic rings. The van der Waals surface area contributed by atoms with Crippen molar-refractivity contribution in [3.63, 3.8) is 0 Å². The fraction of sp³-hybridized carbons (Fsp3) is 0.167. The van der Waals surface area contributed by atoms with Gasteiger partial charge in [0.25, 0.3) is 5.56 Å². The van der Waals surface area contributed by atoms with Crippen molar-refractivity contribution in [3.8, 4) is 5.69 Å². The molecule has 0 N–H and O–H groups in total. The van der Waals surface area contributed by atoms with E-state index in [0.29, 0.717) is 10.3 Å². The Morgan fingerprint density at radius 1 is 1.53 bits per heavy atom. The van der Waals surface area contributed by atoms with E-state index >= 15 is 0 Å². The minimum atomic E-state index is -0.574. The van der Waals surface area contributed by atoms with Gasteiger partial charge in [-0.05, 0) is 13.0 Å².